The number of likely N-dealkylation sites (tertiary alicyclic amines) is 1. The molecule has 1 aromatic heterocycles. The van der Waals surface area contributed by atoms with Gasteiger partial charge in [0, 0.05) is 19.2 Å². The van der Waals surface area contributed by atoms with Gasteiger partial charge in [-0.15, -0.1) is 0 Å². The van der Waals surface area contributed by atoms with E-state index < -0.39 is 0 Å². The van der Waals surface area contributed by atoms with Crippen molar-refractivity contribution in [3.05, 3.63) is 63.3 Å². The molecule has 0 unspecified atom stereocenters. The lowest BCUT2D eigenvalue weighted by molar-refractivity contribution is -0.131. The van der Waals surface area contributed by atoms with E-state index in [1.54, 1.807) is 22.9 Å². The average molecular weight is 383 g/mol. The van der Waals surface area contributed by atoms with Crippen LogP contribution in [-0.4, -0.2) is 33.7 Å². The molecule has 28 heavy (non-hydrogen) atoms. The molecule has 0 bridgehead atoms. The van der Waals surface area contributed by atoms with Crippen LogP contribution in [0.2, 0.25) is 0 Å². The Hall–Kier alpha value is -2.50. The van der Waals surface area contributed by atoms with Gasteiger partial charge >= 0.3 is 0 Å². The van der Waals surface area contributed by atoms with Crippen LogP contribution in [0.15, 0.2) is 35.1 Å². The van der Waals surface area contributed by atoms with Crippen LogP contribution >= 0.6 is 0 Å². The number of hydrogen-bond donors (Lipinski definition) is 0. The summed E-state index contributed by atoms with van der Waals surface area (Å²) in [5.41, 5.74) is 2.85. The molecule has 2 heterocycles. The number of fused-ring (bicyclic) bond motifs is 1. The van der Waals surface area contributed by atoms with Gasteiger partial charge in [0.05, 0.1) is 18.2 Å². The van der Waals surface area contributed by atoms with Crippen molar-refractivity contribution < 1.29 is 9.18 Å². The van der Waals surface area contributed by atoms with Crippen molar-refractivity contribution in [2.45, 2.75) is 57.4 Å². The minimum absolute atomic E-state index is 0.00582. The molecule has 1 amide bonds. The van der Waals surface area contributed by atoms with Crippen LogP contribution in [0.4, 0.5) is 4.39 Å². The Morgan fingerprint density at radius 2 is 1.89 bits per heavy atom. The quantitative estimate of drug-likeness (QED) is 0.766. The van der Waals surface area contributed by atoms with E-state index in [1.165, 1.54) is 18.6 Å². The van der Waals surface area contributed by atoms with Gasteiger partial charge in [0.25, 0.3) is 5.56 Å². The Bertz CT molecular complexity index is 916. The number of rotatable bonds is 3. The van der Waals surface area contributed by atoms with Crippen molar-refractivity contribution in [3.8, 4) is 0 Å². The lowest BCUT2D eigenvalue weighted by atomic mass is 10.0. The van der Waals surface area contributed by atoms with Gasteiger partial charge in [-0.2, -0.15) is 5.10 Å². The zero-order valence-electron chi connectivity index (χ0n) is 16.1. The third-order valence-corrected chi connectivity index (χ3v) is 5.89. The summed E-state index contributed by atoms with van der Waals surface area (Å²) < 4.78 is 15.0. The minimum atomic E-state index is -0.322. The molecule has 0 radical (unpaired) electrons. The molecule has 148 valence electrons. The maximum absolute atomic E-state index is 13.3. The van der Waals surface area contributed by atoms with Crippen LogP contribution in [0, 0.1) is 5.82 Å². The zero-order chi connectivity index (χ0) is 19.5. The molecule has 6 heteroatoms. The zero-order valence-corrected chi connectivity index (χ0v) is 16.1. The van der Waals surface area contributed by atoms with Gasteiger partial charge in [-0.1, -0.05) is 18.6 Å². The van der Waals surface area contributed by atoms with E-state index in [0.29, 0.717) is 18.7 Å². The Morgan fingerprint density at radius 1 is 1.11 bits per heavy atom. The lowest BCUT2D eigenvalue weighted by Crippen LogP contribution is -2.42. The van der Waals surface area contributed by atoms with Crippen LogP contribution in [0.25, 0.3) is 0 Å². The number of aryl methyl sites for hydroxylation is 2. The van der Waals surface area contributed by atoms with E-state index in [1.807, 2.05) is 4.90 Å². The molecule has 2 aliphatic rings. The highest BCUT2D eigenvalue weighted by Crippen LogP contribution is 2.23. The first-order valence-corrected chi connectivity index (χ1v) is 10.2. The Balaban J connectivity index is 1.41. The monoisotopic (exact) mass is 383 g/mol. The number of carbonyl (C=O) groups excluding carboxylic acids is 1. The van der Waals surface area contributed by atoms with Crippen LogP contribution in [-0.2, 0) is 24.1 Å². The maximum atomic E-state index is 13.3. The number of halogens is 1. The molecule has 0 spiro atoms. The Labute approximate surface area is 164 Å². The van der Waals surface area contributed by atoms with E-state index in [-0.39, 0.29) is 29.7 Å². The number of carbonyl (C=O) groups is 1. The number of benzene rings is 1. The minimum Gasteiger partial charge on any atom is -0.342 e. The maximum Gasteiger partial charge on any atom is 0.267 e. The van der Waals surface area contributed by atoms with E-state index in [9.17, 15) is 14.0 Å². The molecule has 1 aromatic carbocycles. The van der Waals surface area contributed by atoms with Crippen molar-refractivity contribution in [3.63, 3.8) is 0 Å². The molecule has 0 saturated carbocycles. The highest BCUT2D eigenvalue weighted by Gasteiger charge is 2.26. The summed E-state index contributed by atoms with van der Waals surface area (Å²) in [4.78, 5) is 26.9. The average Bonchev–Trinajstić information content (AvgIpc) is 2.92. The van der Waals surface area contributed by atoms with Crippen LogP contribution in [0.3, 0.4) is 0 Å². The molecular weight excluding hydrogens is 357 g/mol. The third kappa shape index (κ3) is 4.16. The van der Waals surface area contributed by atoms with Gasteiger partial charge in [-0.25, -0.2) is 9.07 Å². The van der Waals surface area contributed by atoms with Crippen LogP contribution < -0.4 is 5.56 Å². The molecule has 1 aliphatic carbocycles. The second kappa shape index (κ2) is 8.25. The number of hydrogen-bond acceptors (Lipinski definition) is 3. The first-order chi connectivity index (χ1) is 13.6. The molecule has 5 nitrogen and oxygen atoms in total. The van der Waals surface area contributed by atoms with Gasteiger partial charge in [-0.3, -0.25) is 9.59 Å². The highest BCUT2D eigenvalue weighted by atomic mass is 19.1. The summed E-state index contributed by atoms with van der Waals surface area (Å²) in [5.74, 6) is -0.316. The summed E-state index contributed by atoms with van der Waals surface area (Å²) in [6, 6.07) is 8.00. The first-order valence-electron chi connectivity index (χ1n) is 10.2. The lowest BCUT2D eigenvalue weighted by Gasteiger charge is -2.32. The molecule has 1 saturated heterocycles. The second-order valence-corrected chi connectivity index (χ2v) is 7.88. The van der Waals surface area contributed by atoms with Gasteiger partial charge < -0.3 is 4.90 Å². The van der Waals surface area contributed by atoms with Crippen molar-refractivity contribution in [1.29, 1.82) is 0 Å². The molecule has 0 atom stereocenters. The van der Waals surface area contributed by atoms with Gasteiger partial charge in [0.15, 0.2) is 0 Å². The van der Waals surface area contributed by atoms with Crippen LogP contribution in [0.5, 0.6) is 0 Å². The normalized spacial score (nSPS) is 17.8. The number of piperidine rings is 1. The largest absolute Gasteiger partial charge is 0.342 e. The molecular formula is C22H26FN3O2. The fourth-order valence-electron chi connectivity index (χ4n) is 4.31. The summed E-state index contributed by atoms with van der Waals surface area (Å²) in [6.07, 6.45) is 7.00. The smallest absolute Gasteiger partial charge is 0.267 e. The van der Waals surface area contributed by atoms with Gasteiger partial charge in [0.2, 0.25) is 5.91 Å². The first kappa shape index (κ1) is 18.8. The van der Waals surface area contributed by atoms with E-state index in [0.717, 1.165) is 49.8 Å². The standard InChI is InChI=1S/C22H26FN3O2/c23-18-7-4-5-16(13-18)14-21(27)25-11-9-19(10-12-25)26-22(28)15-17-6-2-1-3-8-20(17)24-26/h4-5,7,13,15,19H,1-3,6,8-12,14H2. The van der Waals surface area contributed by atoms with E-state index in [4.69, 9.17) is 5.10 Å². The number of aromatic nitrogens is 2. The molecule has 1 aliphatic heterocycles. The van der Waals surface area contributed by atoms with Gasteiger partial charge in [0.1, 0.15) is 5.82 Å². The molecule has 2 aromatic rings. The SMILES string of the molecule is O=C(Cc1cccc(F)c1)N1CCC(n2nc3c(cc2=O)CCCCC3)CC1. The van der Waals surface area contributed by atoms with Gasteiger partial charge in [-0.05, 0) is 61.8 Å². The van der Waals surface area contributed by atoms with Crippen molar-refractivity contribution in [2.75, 3.05) is 13.1 Å². The summed E-state index contributed by atoms with van der Waals surface area (Å²) >= 11 is 0. The molecule has 0 N–H and O–H groups in total. The number of amides is 1. The van der Waals surface area contributed by atoms with E-state index in [2.05, 4.69) is 0 Å². The summed E-state index contributed by atoms with van der Waals surface area (Å²) in [6.45, 7) is 1.20. The second-order valence-electron chi connectivity index (χ2n) is 7.88. The van der Waals surface area contributed by atoms with Crippen molar-refractivity contribution >= 4 is 5.91 Å². The predicted octanol–water partition coefficient (Wildman–Crippen LogP) is 3.06. The predicted molar refractivity (Wildman–Crippen MR) is 105 cm³/mol. The van der Waals surface area contributed by atoms with Crippen LogP contribution in [0.1, 0.15) is 55.0 Å². The number of nitrogens with zero attached hydrogens (tertiary/aromatic N) is 3. The Kier molecular flexibility index (Phi) is 5.55. The Morgan fingerprint density at radius 3 is 2.68 bits per heavy atom. The molecule has 1 fully saturated rings. The van der Waals surface area contributed by atoms with E-state index >= 15 is 0 Å². The third-order valence-electron chi connectivity index (χ3n) is 5.89. The highest BCUT2D eigenvalue weighted by molar-refractivity contribution is 5.78. The fourth-order valence-corrected chi connectivity index (χ4v) is 4.31. The van der Waals surface area contributed by atoms with Crippen molar-refractivity contribution in [1.82, 2.24) is 14.7 Å². The topological polar surface area (TPSA) is 55.2 Å². The van der Waals surface area contributed by atoms with Crippen molar-refractivity contribution in [2.24, 2.45) is 0 Å². The molecule has 4 rings (SSSR count). The summed E-state index contributed by atoms with van der Waals surface area (Å²) in [7, 11) is 0. The fraction of sp³-hybridized carbons (Fsp3) is 0.500. The summed E-state index contributed by atoms with van der Waals surface area (Å²) in [5, 5.41) is 4.70.